The van der Waals surface area contributed by atoms with Crippen molar-refractivity contribution in [3.05, 3.63) is 53.7 Å². The van der Waals surface area contributed by atoms with Gasteiger partial charge < -0.3 is 15.0 Å². The number of alkyl halides is 1. The molecule has 4 aromatic rings. The van der Waals surface area contributed by atoms with Crippen molar-refractivity contribution in [2.45, 2.75) is 56.3 Å². The second-order valence-corrected chi connectivity index (χ2v) is 12.4. The number of nitrogens with zero attached hydrogens (tertiary/aromatic N) is 5. The lowest BCUT2D eigenvalue weighted by Crippen LogP contribution is -2.44. The number of ether oxygens (including phenoxy) is 1. The number of likely N-dealkylation sites (N-methyl/N-ethyl adjacent to an activating group) is 1. The Bertz CT molecular complexity index is 1770. The molecule has 2 aromatic carbocycles. The topological polar surface area (TPSA) is 66.4 Å². The van der Waals surface area contributed by atoms with E-state index in [-0.39, 0.29) is 35.4 Å². The maximum Gasteiger partial charge on any atom is 0.319 e. The van der Waals surface area contributed by atoms with E-state index >= 15 is 4.39 Å². The van der Waals surface area contributed by atoms with Crippen LogP contribution in [0, 0.1) is 24.0 Å². The van der Waals surface area contributed by atoms with Crippen molar-refractivity contribution in [3.8, 4) is 29.6 Å². The second kappa shape index (κ2) is 11.5. The van der Waals surface area contributed by atoms with Crippen molar-refractivity contribution in [1.82, 2.24) is 25.2 Å². The van der Waals surface area contributed by atoms with Crippen molar-refractivity contribution in [2.24, 2.45) is 0 Å². The van der Waals surface area contributed by atoms with Crippen LogP contribution in [0.4, 0.5) is 19.0 Å². The Balaban J connectivity index is 1.33. The van der Waals surface area contributed by atoms with Gasteiger partial charge >= 0.3 is 6.01 Å². The summed E-state index contributed by atoms with van der Waals surface area (Å²) in [6.45, 7) is 3.07. The average molecular weight is 601 g/mol. The van der Waals surface area contributed by atoms with Crippen LogP contribution in [0.1, 0.15) is 44.1 Å². The molecule has 3 saturated heterocycles. The molecule has 3 fully saturated rings. The van der Waals surface area contributed by atoms with Gasteiger partial charge in [0, 0.05) is 49.7 Å². The lowest BCUT2D eigenvalue weighted by atomic mass is 9.95. The van der Waals surface area contributed by atoms with Crippen LogP contribution in [0.3, 0.4) is 0 Å². The number of nitrogens with one attached hydrogen (secondary N) is 1. The van der Waals surface area contributed by atoms with Crippen LogP contribution in [0.15, 0.2) is 36.5 Å². The molecule has 44 heavy (non-hydrogen) atoms. The van der Waals surface area contributed by atoms with Gasteiger partial charge in [-0.05, 0) is 50.2 Å². The van der Waals surface area contributed by atoms with Crippen LogP contribution in [0.25, 0.3) is 32.9 Å². The van der Waals surface area contributed by atoms with Gasteiger partial charge in [0.1, 0.15) is 35.6 Å². The summed E-state index contributed by atoms with van der Waals surface area (Å²) in [5, 5.41) is 5.08. The number of hydrogen-bond donors (Lipinski definition) is 1. The molecule has 2 aromatic heterocycles. The SMILES string of the molecule is C#Cc1c(F)ccc2cccc(-c3ncc4c(N(C)C[C@@H]5CCCCN5)nc(OC[C@@]56CCCN5C[C@H](F)C6)nc4c3F)c12. The minimum absolute atomic E-state index is 0.00836. The highest BCUT2D eigenvalue weighted by Gasteiger charge is 2.49. The summed E-state index contributed by atoms with van der Waals surface area (Å²) in [5.41, 5.74) is 0.0710. The Labute approximate surface area is 254 Å². The van der Waals surface area contributed by atoms with Gasteiger partial charge in [-0.1, -0.05) is 36.6 Å². The molecule has 7 nitrogen and oxygen atoms in total. The zero-order valence-electron chi connectivity index (χ0n) is 24.8. The Kier molecular flexibility index (Phi) is 7.55. The number of piperidine rings is 1. The van der Waals surface area contributed by atoms with E-state index in [0.717, 1.165) is 45.2 Å². The molecule has 3 atom stereocenters. The summed E-state index contributed by atoms with van der Waals surface area (Å²) in [7, 11) is 1.92. The minimum atomic E-state index is -0.898. The lowest BCUT2D eigenvalue weighted by Gasteiger charge is -2.31. The number of anilines is 1. The first-order valence-electron chi connectivity index (χ1n) is 15.4. The molecule has 7 rings (SSSR count). The van der Waals surface area contributed by atoms with E-state index in [0.29, 0.717) is 47.1 Å². The van der Waals surface area contributed by atoms with Crippen molar-refractivity contribution in [2.75, 3.05) is 44.7 Å². The van der Waals surface area contributed by atoms with Gasteiger partial charge in [-0.2, -0.15) is 9.97 Å². The number of hydrogen-bond acceptors (Lipinski definition) is 7. The van der Waals surface area contributed by atoms with Crippen molar-refractivity contribution in [1.29, 1.82) is 0 Å². The van der Waals surface area contributed by atoms with Crippen LogP contribution < -0.4 is 15.0 Å². The van der Waals surface area contributed by atoms with E-state index in [9.17, 15) is 8.78 Å². The first-order valence-corrected chi connectivity index (χ1v) is 15.4. The first-order chi connectivity index (χ1) is 21.4. The average Bonchev–Trinajstić information content (AvgIpc) is 3.56. The molecule has 228 valence electrons. The van der Waals surface area contributed by atoms with Gasteiger partial charge in [-0.3, -0.25) is 9.88 Å². The van der Waals surface area contributed by atoms with Gasteiger partial charge in [0.25, 0.3) is 0 Å². The molecular formula is C34H35F3N6O. The summed E-state index contributed by atoms with van der Waals surface area (Å²) in [6.07, 6.45) is 11.9. The number of aromatic nitrogens is 3. The number of halogens is 3. The largest absolute Gasteiger partial charge is 0.461 e. The molecule has 3 aliphatic heterocycles. The van der Waals surface area contributed by atoms with E-state index in [1.54, 1.807) is 30.5 Å². The quantitative estimate of drug-likeness (QED) is 0.276. The molecule has 5 heterocycles. The molecule has 0 saturated carbocycles. The zero-order chi connectivity index (χ0) is 30.4. The molecule has 0 radical (unpaired) electrons. The van der Waals surface area contributed by atoms with Crippen molar-refractivity contribution < 1.29 is 17.9 Å². The number of terminal acetylenes is 1. The maximum absolute atomic E-state index is 16.7. The summed E-state index contributed by atoms with van der Waals surface area (Å²) < 4.78 is 52.1. The van der Waals surface area contributed by atoms with Crippen LogP contribution in [0.5, 0.6) is 6.01 Å². The number of fused-ring (bicyclic) bond motifs is 3. The monoisotopic (exact) mass is 600 g/mol. The van der Waals surface area contributed by atoms with Gasteiger partial charge in [0.15, 0.2) is 5.82 Å². The lowest BCUT2D eigenvalue weighted by molar-refractivity contribution is 0.107. The smallest absolute Gasteiger partial charge is 0.319 e. The van der Waals surface area contributed by atoms with Crippen molar-refractivity contribution in [3.63, 3.8) is 0 Å². The summed E-state index contributed by atoms with van der Waals surface area (Å²) in [4.78, 5) is 18.0. The third-order valence-electron chi connectivity index (χ3n) is 9.54. The zero-order valence-corrected chi connectivity index (χ0v) is 24.8. The molecule has 0 unspecified atom stereocenters. The van der Waals surface area contributed by atoms with Crippen LogP contribution >= 0.6 is 0 Å². The molecule has 0 bridgehead atoms. The van der Waals surface area contributed by atoms with Crippen LogP contribution in [-0.4, -0.2) is 77.4 Å². The van der Waals surface area contributed by atoms with Crippen LogP contribution in [-0.2, 0) is 0 Å². The van der Waals surface area contributed by atoms with E-state index in [1.807, 2.05) is 11.9 Å². The normalized spacial score (nSPS) is 23.6. The maximum atomic E-state index is 16.7. The third kappa shape index (κ3) is 5.02. The Morgan fingerprint density at radius 1 is 1.18 bits per heavy atom. The molecule has 10 heteroatoms. The number of pyridine rings is 1. The summed E-state index contributed by atoms with van der Waals surface area (Å²) in [5.74, 6) is 1.69. The molecule has 1 N–H and O–H groups in total. The van der Waals surface area contributed by atoms with Crippen molar-refractivity contribution >= 4 is 27.5 Å². The minimum Gasteiger partial charge on any atom is -0.461 e. The number of rotatable bonds is 7. The predicted molar refractivity (Wildman–Crippen MR) is 166 cm³/mol. The molecular weight excluding hydrogens is 565 g/mol. The van der Waals surface area contributed by atoms with Gasteiger partial charge in [0.05, 0.1) is 16.5 Å². The number of benzene rings is 2. The third-order valence-corrected chi connectivity index (χ3v) is 9.54. The van der Waals surface area contributed by atoms with Crippen LogP contribution in [0.2, 0.25) is 0 Å². The highest BCUT2D eigenvalue weighted by molar-refractivity contribution is 6.02. The highest BCUT2D eigenvalue weighted by Crippen LogP contribution is 2.41. The molecule has 0 aliphatic carbocycles. The van der Waals surface area contributed by atoms with E-state index < -0.39 is 23.3 Å². The van der Waals surface area contributed by atoms with E-state index in [4.69, 9.17) is 16.1 Å². The Morgan fingerprint density at radius 2 is 2.07 bits per heavy atom. The summed E-state index contributed by atoms with van der Waals surface area (Å²) >= 11 is 0. The summed E-state index contributed by atoms with van der Waals surface area (Å²) in [6, 6.07) is 8.47. The fourth-order valence-corrected chi connectivity index (χ4v) is 7.40. The van der Waals surface area contributed by atoms with E-state index in [2.05, 4.69) is 26.1 Å². The standard InChI is InChI=1S/C34H35F3N6O/c1-3-24-27(36)12-11-21-8-6-10-25(28(21)24)30-29(37)31-26(17-39-30)32(42(2)19-23-9-4-5-14-38-23)41-33(40-31)44-20-34-13-7-15-43(34)18-22(35)16-34/h1,6,8,10-12,17,22-23,38H,4-5,7,9,13-16,18-20H2,2H3/t22-,23+,34+/m1/s1. The van der Waals surface area contributed by atoms with E-state index in [1.165, 1.54) is 6.07 Å². The molecule has 0 spiro atoms. The van der Waals surface area contributed by atoms with Gasteiger partial charge in [-0.15, -0.1) is 6.42 Å². The Morgan fingerprint density at radius 3 is 2.89 bits per heavy atom. The molecule has 3 aliphatic rings. The second-order valence-electron chi connectivity index (χ2n) is 12.4. The van der Waals surface area contributed by atoms with Gasteiger partial charge in [0.2, 0.25) is 0 Å². The Hall–Kier alpha value is -3.94. The van der Waals surface area contributed by atoms with Gasteiger partial charge in [-0.25, -0.2) is 13.2 Å². The predicted octanol–water partition coefficient (Wildman–Crippen LogP) is 5.64. The fourth-order valence-electron chi connectivity index (χ4n) is 7.40. The fraction of sp³-hybridized carbons (Fsp3) is 0.441. The highest BCUT2D eigenvalue weighted by atomic mass is 19.1. The first kappa shape index (κ1) is 28.8. The molecule has 0 amide bonds.